The van der Waals surface area contributed by atoms with E-state index in [-0.39, 0.29) is 0 Å². The van der Waals surface area contributed by atoms with Gasteiger partial charge in [0.05, 0.1) is 0 Å². The molecule has 73 valence electrons. The first-order chi connectivity index (χ1) is 7.86. The van der Waals surface area contributed by atoms with Crippen LogP contribution in [0.15, 0.2) is 48.5 Å². The van der Waals surface area contributed by atoms with Crippen LogP contribution in [0, 0.1) is 0 Å². The van der Waals surface area contributed by atoms with Gasteiger partial charge < -0.3 is 0 Å². The Labute approximate surface area is 92.1 Å². The van der Waals surface area contributed by atoms with Gasteiger partial charge in [-0.25, -0.2) is 0 Å². The molecule has 0 amide bonds. The Hall–Kier alpha value is -2.15. The highest BCUT2D eigenvalue weighted by Crippen LogP contribution is 2.32. The minimum Gasteiger partial charge on any atom is -0.149 e. The van der Waals surface area contributed by atoms with Crippen LogP contribution in [-0.4, -0.2) is 0 Å². The van der Waals surface area contributed by atoms with Crippen LogP contribution in [0.25, 0.3) is 32.3 Å². The van der Waals surface area contributed by atoms with Gasteiger partial charge in [0.1, 0.15) is 5.36 Å². The van der Waals surface area contributed by atoms with Crippen molar-refractivity contribution in [2.75, 3.05) is 0 Å². The maximum atomic E-state index is 10.2. The van der Waals surface area contributed by atoms with Crippen LogP contribution in [-0.2, 0) is 0 Å². The molecule has 0 heterocycles. The molecule has 0 saturated carbocycles. The topological polar surface area (TPSA) is 22.3 Å². The zero-order valence-electron chi connectivity index (χ0n) is 8.57. The lowest BCUT2D eigenvalue weighted by molar-refractivity contribution is 1.58. The fourth-order valence-corrected chi connectivity index (χ4v) is 2.70. The van der Waals surface area contributed by atoms with E-state index in [1.165, 1.54) is 21.5 Å². The average Bonchev–Trinajstić information content (AvgIpc) is 2.64. The van der Waals surface area contributed by atoms with Crippen molar-refractivity contribution in [3.63, 3.8) is 0 Å². The monoisotopic (exact) mass is 202 g/mol. The van der Waals surface area contributed by atoms with E-state index < -0.39 is 0 Å². The molecule has 4 rings (SSSR count). The molecule has 0 atom stereocenters. The van der Waals surface area contributed by atoms with E-state index in [1.54, 1.807) is 0 Å². The molecule has 16 heavy (non-hydrogen) atoms. The van der Waals surface area contributed by atoms with Crippen LogP contribution in [0.2, 0.25) is 0 Å². The lowest BCUT2D eigenvalue weighted by atomic mass is 10.0. The second-order valence-corrected chi connectivity index (χ2v) is 4.22. The Balaban J connectivity index is 2.61. The number of nitrogens with zero attached hydrogens (tertiary/aromatic N) is 1. The largest absolute Gasteiger partial charge is 0.149 e. The maximum absolute atomic E-state index is 10.2. The lowest BCUT2D eigenvalue weighted by Crippen LogP contribution is -1.97. The van der Waals surface area contributed by atoms with Gasteiger partial charge in [-0.3, -0.25) is 0 Å². The predicted octanol–water partition coefficient (Wildman–Crippen LogP) is 2.72. The summed E-state index contributed by atoms with van der Waals surface area (Å²) in [4.78, 5) is 0. The molecule has 0 saturated heterocycles. The van der Waals surface area contributed by atoms with E-state index in [9.17, 15) is 5.41 Å². The van der Waals surface area contributed by atoms with Gasteiger partial charge in [-0.05, 0) is 21.5 Å². The quantitative estimate of drug-likeness (QED) is 0.391. The molecular weight excluding hydrogens is 194 g/mol. The summed E-state index contributed by atoms with van der Waals surface area (Å²) in [7, 11) is 0. The first-order valence-electron chi connectivity index (χ1n) is 5.37. The van der Waals surface area contributed by atoms with Gasteiger partial charge in [0, 0.05) is 10.8 Å². The van der Waals surface area contributed by atoms with Crippen LogP contribution in [0.4, 0.5) is 0 Å². The first kappa shape index (κ1) is 8.05. The molecule has 1 heteroatoms. The van der Waals surface area contributed by atoms with E-state index in [1.807, 2.05) is 24.3 Å². The summed E-state index contributed by atoms with van der Waals surface area (Å²) in [5, 5.41) is 17.3. The van der Waals surface area contributed by atoms with Crippen molar-refractivity contribution in [1.82, 2.24) is 5.41 Å². The standard InChI is InChI=1S/C15H8N/c16-15-11-5-1-3-9-7-8-10-4-2-6-12(15)14(10)13(9)11/h1-8H. The summed E-state index contributed by atoms with van der Waals surface area (Å²) in [5.74, 6) is 0. The molecule has 4 aromatic carbocycles. The number of benzene rings is 3. The molecule has 0 aliphatic rings. The van der Waals surface area contributed by atoms with Gasteiger partial charge in [0.15, 0.2) is 0 Å². The van der Waals surface area contributed by atoms with Gasteiger partial charge in [0.2, 0.25) is 0 Å². The Morgan fingerprint density at radius 1 is 0.625 bits per heavy atom. The third kappa shape index (κ3) is 0.760. The predicted molar refractivity (Wildman–Crippen MR) is 66.6 cm³/mol. The Bertz CT molecular complexity index is 791. The van der Waals surface area contributed by atoms with Gasteiger partial charge in [-0.15, -0.1) is 5.41 Å². The van der Waals surface area contributed by atoms with Crippen molar-refractivity contribution >= 4 is 32.3 Å². The highest BCUT2D eigenvalue weighted by molar-refractivity contribution is 6.25. The van der Waals surface area contributed by atoms with Crippen molar-refractivity contribution < 1.29 is 0 Å². The zero-order chi connectivity index (χ0) is 10.7. The highest BCUT2D eigenvalue weighted by Gasteiger charge is 2.11. The Kier molecular flexibility index (Phi) is 1.26. The van der Waals surface area contributed by atoms with Crippen molar-refractivity contribution in [2.45, 2.75) is 0 Å². The SMILES string of the molecule is [N]=c1c2cccc3ccc4cccc1c4c32. The molecule has 0 spiro atoms. The van der Waals surface area contributed by atoms with Crippen LogP contribution in [0.5, 0.6) is 0 Å². The molecular formula is C15H8N. The summed E-state index contributed by atoms with van der Waals surface area (Å²) in [5.41, 5.74) is 0. The fraction of sp³-hybridized carbons (Fsp3) is 0. The minimum atomic E-state index is 0.414. The van der Waals surface area contributed by atoms with Gasteiger partial charge in [-0.1, -0.05) is 48.5 Å². The van der Waals surface area contributed by atoms with E-state index in [2.05, 4.69) is 24.3 Å². The lowest BCUT2D eigenvalue weighted by Gasteiger charge is -2.01. The summed E-state index contributed by atoms with van der Waals surface area (Å²) in [6, 6.07) is 16.4. The van der Waals surface area contributed by atoms with Gasteiger partial charge in [-0.2, -0.15) is 0 Å². The highest BCUT2D eigenvalue weighted by atomic mass is 14.4. The van der Waals surface area contributed by atoms with Crippen LogP contribution < -0.4 is 10.8 Å². The molecule has 0 aromatic heterocycles. The van der Waals surface area contributed by atoms with E-state index in [0.717, 1.165) is 10.8 Å². The second-order valence-electron chi connectivity index (χ2n) is 4.22. The zero-order valence-corrected chi connectivity index (χ0v) is 8.57. The second kappa shape index (κ2) is 2.50. The molecule has 0 unspecified atom stereocenters. The smallest absolute Gasteiger partial charge is 0.101 e. The summed E-state index contributed by atoms with van der Waals surface area (Å²) >= 11 is 0. The maximum Gasteiger partial charge on any atom is 0.101 e. The fourth-order valence-electron chi connectivity index (χ4n) is 2.70. The molecule has 0 aliphatic carbocycles. The van der Waals surface area contributed by atoms with Crippen LogP contribution >= 0.6 is 0 Å². The third-order valence-electron chi connectivity index (χ3n) is 3.40. The number of hydrogen-bond acceptors (Lipinski definition) is 0. The molecule has 0 aliphatic heterocycles. The summed E-state index contributed by atoms with van der Waals surface area (Å²) in [6.07, 6.45) is 0. The first-order valence-corrected chi connectivity index (χ1v) is 5.37. The van der Waals surface area contributed by atoms with Crippen molar-refractivity contribution in [2.24, 2.45) is 0 Å². The van der Waals surface area contributed by atoms with Gasteiger partial charge in [0.25, 0.3) is 0 Å². The Morgan fingerprint density at radius 3 is 1.62 bits per heavy atom. The summed E-state index contributed by atoms with van der Waals surface area (Å²) in [6.45, 7) is 0. The van der Waals surface area contributed by atoms with Crippen molar-refractivity contribution in [1.29, 1.82) is 0 Å². The van der Waals surface area contributed by atoms with E-state index >= 15 is 0 Å². The Morgan fingerprint density at radius 2 is 1.12 bits per heavy atom. The van der Waals surface area contributed by atoms with Crippen LogP contribution in [0.3, 0.4) is 0 Å². The molecule has 1 nitrogen and oxygen atoms in total. The van der Waals surface area contributed by atoms with E-state index in [4.69, 9.17) is 0 Å². The number of rotatable bonds is 0. The minimum absolute atomic E-state index is 0.414. The molecule has 1 radical (unpaired) electrons. The van der Waals surface area contributed by atoms with Gasteiger partial charge >= 0.3 is 0 Å². The molecule has 4 aromatic rings. The van der Waals surface area contributed by atoms with Crippen molar-refractivity contribution in [3.8, 4) is 0 Å². The van der Waals surface area contributed by atoms with Crippen molar-refractivity contribution in [3.05, 3.63) is 53.9 Å². The third-order valence-corrected chi connectivity index (χ3v) is 3.40. The van der Waals surface area contributed by atoms with E-state index in [0.29, 0.717) is 5.36 Å². The normalized spacial score (nSPS) is 12.0. The van der Waals surface area contributed by atoms with Crippen LogP contribution in [0.1, 0.15) is 0 Å². The number of hydrogen-bond donors (Lipinski definition) is 0. The molecule has 0 fully saturated rings. The molecule has 0 bridgehead atoms. The molecule has 0 N–H and O–H groups in total. The average molecular weight is 202 g/mol. The summed E-state index contributed by atoms with van der Waals surface area (Å²) < 4.78 is 0.